The zero-order valence-corrected chi connectivity index (χ0v) is 17.9. The molecule has 1 aliphatic heterocycles. The highest BCUT2D eigenvalue weighted by molar-refractivity contribution is 7.20. The number of aromatic nitrogens is 2. The average Bonchev–Trinajstić information content (AvgIpc) is 3.25. The number of thiophene rings is 1. The van der Waals surface area contributed by atoms with Crippen molar-refractivity contribution in [3.8, 4) is 0 Å². The van der Waals surface area contributed by atoms with Gasteiger partial charge in [-0.1, -0.05) is 29.3 Å². The minimum Gasteiger partial charge on any atom is -0.367 e. The first-order chi connectivity index (χ1) is 13.8. The largest absolute Gasteiger partial charge is 0.367 e. The van der Waals surface area contributed by atoms with Crippen LogP contribution >= 0.6 is 34.5 Å². The first kappa shape index (κ1) is 20.2. The third kappa shape index (κ3) is 3.98. The third-order valence-corrected chi connectivity index (χ3v) is 6.55. The fraction of sp³-hybridized carbons (Fsp3) is 0.316. The van der Waals surface area contributed by atoms with Crippen molar-refractivity contribution in [1.82, 2.24) is 14.7 Å². The van der Waals surface area contributed by atoms with Crippen molar-refractivity contribution in [2.45, 2.75) is 19.6 Å². The lowest BCUT2D eigenvalue weighted by atomic mass is 10.2. The number of nitrogens with two attached hydrogens (primary N) is 1. The number of amides is 2. The molecule has 10 heteroatoms. The van der Waals surface area contributed by atoms with Crippen LogP contribution in [0.1, 0.15) is 20.9 Å². The normalized spacial score (nSPS) is 17.1. The van der Waals surface area contributed by atoms with Crippen molar-refractivity contribution in [2.24, 2.45) is 5.73 Å². The topological polar surface area (TPSA) is 90.4 Å². The lowest BCUT2D eigenvalue weighted by Crippen LogP contribution is -2.50. The van der Waals surface area contributed by atoms with E-state index in [0.29, 0.717) is 28.0 Å². The summed E-state index contributed by atoms with van der Waals surface area (Å²) in [4.78, 5) is 27.4. The fourth-order valence-corrected chi connectivity index (χ4v) is 4.90. The van der Waals surface area contributed by atoms with E-state index in [1.807, 2.05) is 23.7 Å². The second kappa shape index (κ2) is 7.95. The third-order valence-electron chi connectivity index (χ3n) is 4.82. The Morgan fingerprint density at radius 3 is 2.86 bits per heavy atom. The predicted octanol–water partition coefficient (Wildman–Crippen LogP) is 3.09. The first-order valence-corrected chi connectivity index (χ1v) is 10.5. The zero-order valence-electron chi connectivity index (χ0n) is 15.5. The molecule has 29 heavy (non-hydrogen) atoms. The molecule has 1 atom stereocenters. The van der Waals surface area contributed by atoms with Gasteiger partial charge in [-0.2, -0.15) is 5.10 Å². The molecule has 0 radical (unpaired) electrons. The van der Waals surface area contributed by atoms with Gasteiger partial charge in [0.25, 0.3) is 5.91 Å². The van der Waals surface area contributed by atoms with Crippen LogP contribution in [0, 0.1) is 6.92 Å². The monoisotopic (exact) mass is 452 g/mol. The number of benzene rings is 1. The summed E-state index contributed by atoms with van der Waals surface area (Å²) < 4.78 is 7.16. The molecule has 3 aromatic rings. The first-order valence-electron chi connectivity index (χ1n) is 8.94. The van der Waals surface area contributed by atoms with E-state index in [2.05, 4.69) is 5.10 Å². The Hall–Kier alpha value is -2.13. The Kier molecular flexibility index (Phi) is 5.52. The number of carbonyl (C=O) groups excluding carboxylic acids is 2. The number of ether oxygens (including phenoxy) is 1. The van der Waals surface area contributed by atoms with E-state index in [0.717, 1.165) is 21.5 Å². The number of aryl methyl sites for hydroxylation is 1. The Morgan fingerprint density at radius 1 is 1.34 bits per heavy atom. The van der Waals surface area contributed by atoms with Crippen molar-refractivity contribution in [1.29, 1.82) is 0 Å². The summed E-state index contributed by atoms with van der Waals surface area (Å²) in [5.41, 5.74) is 7.04. The van der Waals surface area contributed by atoms with E-state index in [1.165, 1.54) is 11.3 Å². The number of rotatable bonds is 4. The summed E-state index contributed by atoms with van der Waals surface area (Å²) in [7, 11) is 0. The highest BCUT2D eigenvalue weighted by Gasteiger charge is 2.29. The summed E-state index contributed by atoms with van der Waals surface area (Å²) in [6.07, 6.45) is -0.772. The summed E-state index contributed by atoms with van der Waals surface area (Å²) in [6.45, 7) is 3.24. The highest BCUT2D eigenvalue weighted by Crippen LogP contribution is 2.31. The molecule has 1 aromatic carbocycles. The number of morpholine rings is 1. The molecule has 0 spiro atoms. The molecular formula is C19H18Cl2N4O3S. The Morgan fingerprint density at radius 2 is 2.14 bits per heavy atom. The molecule has 2 amide bonds. The molecule has 2 N–H and O–H groups in total. The lowest BCUT2D eigenvalue weighted by Gasteiger charge is -2.31. The number of halogens is 2. The Balaban J connectivity index is 1.62. The van der Waals surface area contributed by atoms with Crippen LogP contribution in [0.15, 0.2) is 24.3 Å². The van der Waals surface area contributed by atoms with Crippen LogP contribution in [0.2, 0.25) is 10.0 Å². The van der Waals surface area contributed by atoms with E-state index in [1.54, 1.807) is 17.0 Å². The number of nitrogens with zero attached hydrogens (tertiary/aromatic N) is 3. The van der Waals surface area contributed by atoms with Crippen molar-refractivity contribution in [2.75, 3.05) is 19.7 Å². The molecule has 1 saturated heterocycles. The zero-order chi connectivity index (χ0) is 20.7. The van der Waals surface area contributed by atoms with E-state index in [9.17, 15) is 9.59 Å². The second-order valence-corrected chi connectivity index (χ2v) is 8.70. The predicted molar refractivity (Wildman–Crippen MR) is 113 cm³/mol. The van der Waals surface area contributed by atoms with Crippen LogP contribution in [-0.4, -0.2) is 52.3 Å². The van der Waals surface area contributed by atoms with Gasteiger partial charge < -0.3 is 15.4 Å². The maximum Gasteiger partial charge on any atom is 0.264 e. The summed E-state index contributed by atoms with van der Waals surface area (Å²) in [5.74, 6) is -0.707. The minimum absolute atomic E-state index is 0.142. The van der Waals surface area contributed by atoms with Crippen molar-refractivity contribution >= 4 is 56.6 Å². The van der Waals surface area contributed by atoms with Crippen LogP contribution in [0.4, 0.5) is 0 Å². The van der Waals surface area contributed by atoms with Crippen LogP contribution in [0.5, 0.6) is 0 Å². The van der Waals surface area contributed by atoms with Gasteiger partial charge in [-0.15, -0.1) is 11.3 Å². The lowest BCUT2D eigenvalue weighted by molar-refractivity contribution is -0.133. The smallest absolute Gasteiger partial charge is 0.264 e. The molecular weight excluding hydrogens is 435 g/mol. The van der Waals surface area contributed by atoms with Gasteiger partial charge in [-0.3, -0.25) is 14.3 Å². The molecule has 152 valence electrons. The number of primary amides is 1. The highest BCUT2D eigenvalue weighted by atomic mass is 35.5. The van der Waals surface area contributed by atoms with Crippen molar-refractivity contribution in [3.63, 3.8) is 0 Å². The Labute approximate surface area is 180 Å². The van der Waals surface area contributed by atoms with Gasteiger partial charge >= 0.3 is 0 Å². The van der Waals surface area contributed by atoms with Crippen LogP contribution in [-0.2, 0) is 16.1 Å². The second-order valence-electron chi connectivity index (χ2n) is 6.82. The molecule has 1 fully saturated rings. The van der Waals surface area contributed by atoms with Crippen molar-refractivity contribution in [3.05, 3.63) is 50.4 Å². The summed E-state index contributed by atoms with van der Waals surface area (Å²) >= 11 is 13.6. The van der Waals surface area contributed by atoms with Gasteiger partial charge in [0.15, 0.2) is 6.10 Å². The van der Waals surface area contributed by atoms with Crippen LogP contribution in [0.3, 0.4) is 0 Å². The van der Waals surface area contributed by atoms with Gasteiger partial charge in [0.1, 0.15) is 4.83 Å². The quantitative estimate of drug-likeness (QED) is 0.658. The van der Waals surface area contributed by atoms with E-state index in [-0.39, 0.29) is 19.1 Å². The number of hydrogen-bond donors (Lipinski definition) is 1. The minimum atomic E-state index is -0.772. The van der Waals surface area contributed by atoms with E-state index >= 15 is 0 Å². The van der Waals surface area contributed by atoms with E-state index < -0.39 is 12.0 Å². The number of carbonyl (C=O) groups is 2. The average molecular weight is 453 g/mol. The Bertz CT molecular complexity index is 1110. The molecule has 0 saturated carbocycles. The SMILES string of the molecule is Cc1nn(Cc2ccc(Cl)cc2Cl)c2sc(C(=O)N3CCOC(C(N)=O)C3)cc12. The maximum atomic E-state index is 13.0. The molecule has 1 unspecified atom stereocenters. The fourth-order valence-electron chi connectivity index (χ4n) is 3.30. The molecule has 1 aliphatic rings. The van der Waals surface area contributed by atoms with Gasteiger partial charge in [-0.05, 0) is 30.7 Å². The standard InChI is InChI=1S/C19H18Cl2N4O3S/c1-10-13-7-16(18(27)24-4-5-28-15(9-24)17(22)26)29-19(13)25(23-10)8-11-2-3-12(20)6-14(11)21/h2-3,6-7,15H,4-5,8-9H2,1H3,(H2,22,26). The number of hydrogen-bond acceptors (Lipinski definition) is 5. The van der Waals surface area contributed by atoms with Crippen LogP contribution in [0.25, 0.3) is 10.2 Å². The van der Waals surface area contributed by atoms with E-state index in [4.69, 9.17) is 33.7 Å². The van der Waals surface area contributed by atoms with Gasteiger partial charge in [0.05, 0.1) is 30.3 Å². The molecule has 3 heterocycles. The van der Waals surface area contributed by atoms with Gasteiger partial charge in [-0.25, -0.2) is 0 Å². The molecule has 0 bridgehead atoms. The molecule has 0 aliphatic carbocycles. The molecule has 4 rings (SSSR count). The van der Waals surface area contributed by atoms with Crippen molar-refractivity contribution < 1.29 is 14.3 Å². The number of fused-ring (bicyclic) bond motifs is 1. The maximum absolute atomic E-state index is 13.0. The van der Waals surface area contributed by atoms with Crippen LogP contribution < -0.4 is 5.73 Å². The summed E-state index contributed by atoms with van der Waals surface area (Å²) in [6, 6.07) is 7.19. The van der Waals surface area contributed by atoms with Gasteiger partial charge in [0.2, 0.25) is 5.91 Å². The summed E-state index contributed by atoms with van der Waals surface area (Å²) in [5, 5.41) is 6.65. The van der Waals surface area contributed by atoms with Gasteiger partial charge in [0, 0.05) is 22.0 Å². The molecule has 7 nitrogen and oxygen atoms in total. The molecule has 2 aromatic heterocycles.